The number of ketones is 1. The van der Waals surface area contributed by atoms with Crippen molar-refractivity contribution in [3.63, 3.8) is 0 Å². The van der Waals surface area contributed by atoms with E-state index in [1.54, 1.807) is 6.20 Å². The number of aromatic nitrogens is 1. The second-order valence-electron chi connectivity index (χ2n) is 4.59. The molecule has 18 heavy (non-hydrogen) atoms. The fourth-order valence-corrected chi connectivity index (χ4v) is 2.05. The molecule has 0 spiro atoms. The first kappa shape index (κ1) is 12.7. The van der Waals surface area contributed by atoms with E-state index in [-0.39, 0.29) is 11.8 Å². The molecule has 0 amide bonds. The molecule has 0 aliphatic carbocycles. The fourth-order valence-electron chi connectivity index (χ4n) is 2.05. The van der Waals surface area contributed by atoms with Crippen LogP contribution in [-0.4, -0.2) is 16.8 Å². The van der Waals surface area contributed by atoms with Crippen LogP contribution in [0.3, 0.4) is 0 Å². The Balaban J connectivity index is 2.17. The number of nitrogens with two attached hydrogens (primary N) is 1. The van der Waals surface area contributed by atoms with Crippen LogP contribution in [0.4, 0.5) is 0 Å². The number of carbonyl (C=O) groups is 1. The third-order valence-electron chi connectivity index (χ3n) is 3.02. The van der Waals surface area contributed by atoms with Gasteiger partial charge in [-0.3, -0.25) is 9.78 Å². The lowest BCUT2D eigenvalue weighted by Crippen LogP contribution is -2.23. The van der Waals surface area contributed by atoms with E-state index in [2.05, 4.69) is 11.9 Å². The summed E-state index contributed by atoms with van der Waals surface area (Å²) in [5.74, 6) is 0.0780. The highest BCUT2D eigenvalue weighted by Crippen LogP contribution is 2.14. The third kappa shape index (κ3) is 2.93. The minimum atomic E-state index is -0.0472. The lowest BCUT2D eigenvalue weighted by atomic mass is 10.0. The first-order valence-corrected chi connectivity index (χ1v) is 6.34. The van der Waals surface area contributed by atoms with Gasteiger partial charge in [0.25, 0.3) is 0 Å². The molecule has 1 heterocycles. The average Bonchev–Trinajstić information content (AvgIpc) is 2.38. The summed E-state index contributed by atoms with van der Waals surface area (Å²) in [4.78, 5) is 16.3. The van der Waals surface area contributed by atoms with Crippen LogP contribution in [0, 0.1) is 0 Å². The van der Waals surface area contributed by atoms with E-state index in [0.717, 1.165) is 23.7 Å². The normalized spacial score (nSPS) is 12.6. The second-order valence-corrected chi connectivity index (χ2v) is 4.59. The van der Waals surface area contributed by atoms with E-state index in [9.17, 15) is 4.79 Å². The van der Waals surface area contributed by atoms with Crippen LogP contribution >= 0.6 is 0 Å². The summed E-state index contributed by atoms with van der Waals surface area (Å²) in [6.07, 6.45) is 3.92. The summed E-state index contributed by atoms with van der Waals surface area (Å²) in [6.45, 7) is 2.07. The van der Waals surface area contributed by atoms with Gasteiger partial charge in [0.1, 0.15) is 0 Å². The van der Waals surface area contributed by atoms with E-state index in [4.69, 9.17) is 5.73 Å². The van der Waals surface area contributed by atoms with Crippen molar-refractivity contribution < 1.29 is 4.79 Å². The van der Waals surface area contributed by atoms with Crippen LogP contribution in [-0.2, 0) is 0 Å². The molecule has 2 N–H and O–H groups in total. The summed E-state index contributed by atoms with van der Waals surface area (Å²) in [7, 11) is 0. The Morgan fingerprint density at radius 2 is 2.17 bits per heavy atom. The smallest absolute Gasteiger partial charge is 0.165 e. The molecule has 0 fully saturated rings. The van der Waals surface area contributed by atoms with Crippen LogP contribution in [0.15, 0.2) is 36.5 Å². The van der Waals surface area contributed by atoms with Gasteiger partial charge in [-0.15, -0.1) is 0 Å². The van der Waals surface area contributed by atoms with Crippen LogP contribution in [0.1, 0.15) is 36.5 Å². The zero-order valence-corrected chi connectivity index (χ0v) is 10.6. The molecule has 0 saturated heterocycles. The topological polar surface area (TPSA) is 56.0 Å². The van der Waals surface area contributed by atoms with E-state index in [1.807, 2.05) is 30.3 Å². The number of hydrogen-bond donors (Lipinski definition) is 1. The van der Waals surface area contributed by atoms with Crippen LogP contribution in [0.5, 0.6) is 0 Å². The van der Waals surface area contributed by atoms with Gasteiger partial charge in [-0.1, -0.05) is 31.5 Å². The van der Waals surface area contributed by atoms with Crippen LogP contribution < -0.4 is 5.73 Å². The number of fused-ring (bicyclic) bond motifs is 1. The molecule has 0 aliphatic rings. The van der Waals surface area contributed by atoms with Gasteiger partial charge >= 0.3 is 0 Å². The molecule has 94 valence electrons. The number of pyridine rings is 1. The summed E-state index contributed by atoms with van der Waals surface area (Å²) in [5, 5.41) is 0.993. The number of hydrogen-bond acceptors (Lipinski definition) is 3. The van der Waals surface area contributed by atoms with Gasteiger partial charge in [-0.25, -0.2) is 0 Å². The van der Waals surface area contributed by atoms with Gasteiger partial charge in [0.2, 0.25) is 0 Å². The van der Waals surface area contributed by atoms with Gasteiger partial charge in [0, 0.05) is 29.6 Å². The third-order valence-corrected chi connectivity index (χ3v) is 3.02. The summed E-state index contributed by atoms with van der Waals surface area (Å²) >= 11 is 0. The zero-order chi connectivity index (χ0) is 13.0. The molecule has 0 bridgehead atoms. The molecular formula is C15H18N2O. The van der Waals surface area contributed by atoms with Crippen molar-refractivity contribution in [1.29, 1.82) is 0 Å². The minimum Gasteiger partial charge on any atom is -0.327 e. The maximum Gasteiger partial charge on any atom is 0.165 e. The van der Waals surface area contributed by atoms with Crippen molar-refractivity contribution in [2.45, 2.75) is 32.2 Å². The predicted octanol–water partition coefficient (Wildman–Crippen LogP) is 2.94. The molecule has 1 aromatic heterocycles. The molecule has 0 saturated carbocycles. The maximum atomic E-state index is 12.1. The Hall–Kier alpha value is -1.74. The molecule has 1 unspecified atom stereocenters. The summed E-state index contributed by atoms with van der Waals surface area (Å²) in [5.41, 5.74) is 7.46. The lowest BCUT2D eigenvalue weighted by molar-refractivity contribution is 0.0973. The standard InChI is InChI=1S/C15H18N2O/c1-2-5-13(16)9-15(18)12-8-11-6-3-4-7-14(11)17-10-12/h3-4,6-8,10,13H,2,5,9,16H2,1H3. The van der Waals surface area contributed by atoms with E-state index in [0.29, 0.717) is 12.0 Å². The predicted molar refractivity (Wildman–Crippen MR) is 73.6 cm³/mol. The van der Waals surface area contributed by atoms with E-state index in [1.165, 1.54) is 0 Å². The van der Waals surface area contributed by atoms with Crippen molar-refractivity contribution >= 4 is 16.7 Å². The number of benzene rings is 1. The van der Waals surface area contributed by atoms with Gasteiger partial charge in [0.15, 0.2) is 5.78 Å². The summed E-state index contributed by atoms with van der Waals surface area (Å²) in [6, 6.07) is 9.63. The van der Waals surface area contributed by atoms with E-state index < -0.39 is 0 Å². The van der Waals surface area contributed by atoms with Crippen LogP contribution in [0.2, 0.25) is 0 Å². The second kappa shape index (κ2) is 5.74. The fraction of sp³-hybridized carbons (Fsp3) is 0.333. The molecule has 0 radical (unpaired) electrons. The highest BCUT2D eigenvalue weighted by molar-refractivity contribution is 5.99. The minimum absolute atomic E-state index is 0.0472. The number of carbonyl (C=O) groups excluding carboxylic acids is 1. The van der Waals surface area contributed by atoms with Crippen LogP contribution in [0.25, 0.3) is 10.9 Å². The monoisotopic (exact) mass is 242 g/mol. The number of nitrogens with zero attached hydrogens (tertiary/aromatic N) is 1. The number of Topliss-reactive ketones (excluding diaryl/α,β-unsaturated/α-hetero) is 1. The van der Waals surface area contributed by atoms with Crippen molar-refractivity contribution in [3.05, 3.63) is 42.1 Å². The SMILES string of the molecule is CCCC(N)CC(=O)c1cnc2ccccc2c1. The number of para-hydroxylation sites is 1. The zero-order valence-electron chi connectivity index (χ0n) is 10.6. The molecule has 0 aliphatic heterocycles. The highest BCUT2D eigenvalue weighted by Gasteiger charge is 2.11. The molecule has 1 aromatic carbocycles. The first-order valence-electron chi connectivity index (χ1n) is 6.34. The highest BCUT2D eigenvalue weighted by atomic mass is 16.1. The van der Waals surface area contributed by atoms with Crippen molar-refractivity contribution in [3.8, 4) is 0 Å². The first-order chi connectivity index (χ1) is 8.70. The van der Waals surface area contributed by atoms with Crippen molar-refractivity contribution in [2.75, 3.05) is 0 Å². The van der Waals surface area contributed by atoms with E-state index >= 15 is 0 Å². The molecule has 3 nitrogen and oxygen atoms in total. The van der Waals surface area contributed by atoms with Crippen molar-refractivity contribution in [1.82, 2.24) is 4.98 Å². The quantitative estimate of drug-likeness (QED) is 0.820. The Kier molecular flexibility index (Phi) is 4.05. The Labute approximate surface area is 107 Å². The lowest BCUT2D eigenvalue weighted by Gasteiger charge is -2.09. The van der Waals surface area contributed by atoms with Gasteiger partial charge < -0.3 is 5.73 Å². The van der Waals surface area contributed by atoms with Gasteiger partial charge in [0.05, 0.1) is 5.52 Å². The molecule has 1 atom stereocenters. The Morgan fingerprint density at radius 1 is 1.39 bits per heavy atom. The van der Waals surface area contributed by atoms with Gasteiger partial charge in [-0.2, -0.15) is 0 Å². The Morgan fingerprint density at radius 3 is 2.94 bits per heavy atom. The number of rotatable bonds is 5. The molecular weight excluding hydrogens is 224 g/mol. The average molecular weight is 242 g/mol. The van der Waals surface area contributed by atoms with Gasteiger partial charge in [-0.05, 0) is 18.6 Å². The maximum absolute atomic E-state index is 12.1. The van der Waals surface area contributed by atoms with Crippen molar-refractivity contribution in [2.24, 2.45) is 5.73 Å². The summed E-state index contributed by atoms with van der Waals surface area (Å²) < 4.78 is 0. The Bertz CT molecular complexity index is 551. The molecule has 2 rings (SSSR count). The largest absolute Gasteiger partial charge is 0.327 e. The molecule has 3 heteroatoms. The molecule has 2 aromatic rings.